The van der Waals surface area contributed by atoms with Gasteiger partial charge in [-0.25, -0.2) is 0 Å². The van der Waals surface area contributed by atoms with Gasteiger partial charge < -0.3 is 15.7 Å². The van der Waals surface area contributed by atoms with Crippen LogP contribution in [-0.4, -0.2) is 18.0 Å². The minimum atomic E-state index is 0.227. The zero-order valence-corrected chi connectivity index (χ0v) is 10.2. The predicted molar refractivity (Wildman–Crippen MR) is 68.4 cm³/mol. The molecule has 0 aliphatic heterocycles. The predicted octanol–water partition coefficient (Wildman–Crippen LogP) is 2.43. The Morgan fingerprint density at radius 2 is 2.00 bits per heavy atom. The lowest BCUT2D eigenvalue weighted by Gasteiger charge is -2.08. The number of aliphatic hydroxyl groups is 1. The van der Waals surface area contributed by atoms with Crippen molar-refractivity contribution >= 4 is 5.84 Å². The quantitative estimate of drug-likeness (QED) is 0.242. The van der Waals surface area contributed by atoms with E-state index in [2.05, 4.69) is 10.6 Å². The van der Waals surface area contributed by atoms with Crippen LogP contribution in [0.3, 0.4) is 0 Å². The van der Waals surface area contributed by atoms with Gasteiger partial charge in [0.2, 0.25) is 0 Å². The monoisotopic (exact) mass is 223 g/mol. The zero-order chi connectivity index (χ0) is 12.4. The Morgan fingerprint density at radius 1 is 1.31 bits per heavy atom. The average Bonchev–Trinajstić information content (AvgIpc) is 2.30. The first-order valence-electron chi connectivity index (χ1n) is 5.43. The summed E-state index contributed by atoms with van der Waals surface area (Å²) in [6.45, 7) is 3.88. The van der Waals surface area contributed by atoms with Gasteiger partial charge in [0.15, 0.2) is 0 Å². The largest absolute Gasteiger partial charge is 0.510 e. The fraction of sp³-hybridized carbons (Fsp3) is 0.417. The fourth-order valence-electron chi connectivity index (χ4n) is 0.990. The van der Waals surface area contributed by atoms with Crippen molar-refractivity contribution in [1.82, 2.24) is 10.6 Å². The lowest BCUT2D eigenvalue weighted by Crippen LogP contribution is -2.20. The van der Waals surface area contributed by atoms with Gasteiger partial charge in [0.05, 0.1) is 5.70 Å². The summed E-state index contributed by atoms with van der Waals surface area (Å²) in [6.07, 6.45) is 8.40. The lowest BCUT2D eigenvalue weighted by atomic mass is 10.2. The van der Waals surface area contributed by atoms with Crippen molar-refractivity contribution in [2.75, 3.05) is 7.05 Å². The van der Waals surface area contributed by atoms with Gasteiger partial charge in [0.1, 0.15) is 11.6 Å². The highest BCUT2D eigenvalue weighted by atomic mass is 16.3. The molecule has 0 fully saturated rings. The molecule has 0 atom stereocenters. The standard InChI is InChI=1S/C12H21N3O/c1-4-6-7-10(11(16)5-2)15-12(13)8-9-14-3/h6-9,14,16H,4-5H2,1-3H3,(H2,13,15)/b7-6-,9-8-,11-10+. The zero-order valence-electron chi connectivity index (χ0n) is 10.2. The summed E-state index contributed by atoms with van der Waals surface area (Å²) in [5, 5.41) is 22.9. The molecule has 0 amide bonds. The number of aliphatic hydroxyl groups excluding tert-OH is 1. The molecule has 0 saturated carbocycles. The van der Waals surface area contributed by atoms with E-state index in [4.69, 9.17) is 5.41 Å². The summed E-state index contributed by atoms with van der Waals surface area (Å²) in [4.78, 5) is 0. The summed E-state index contributed by atoms with van der Waals surface area (Å²) in [6, 6.07) is 0. The van der Waals surface area contributed by atoms with Crippen LogP contribution in [0.2, 0.25) is 0 Å². The number of nitrogens with one attached hydrogen (secondary N) is 3. The second kappa shape index (κ2) is 8.59. The molecule has 0 aromatic carbocycles. The van der Waals surface area contributed by atoms with E-state index in [1.807, 2.05) is 19.9 Å². The van der Waals surface area contributed by atoms with Crippen LogP contribution in [0, 0.1) is 5.41 Å². The topological polar surface area (TPSA) is 68.1 Å². The van der Waals surface area contributed by atoms with Crippen LogP contribution >= 0.6 is 0 Å². The van der Waals surface area contributed by atoms with Crippen LogP contribution in [0.4, 0.5) is 0 Å². The molecule has 0 rings (SSSR count). The molecular formula is C12H21N3O. The third-order valence-electron chi connectivity index (χ3n) is 1.85. The van der Waals surface area contributed by atoms with Gasteiger partial charge in [0, 0.05) is 13.5 Å². The van der Waals surface area contributed by atoms with E-state index >= 15 is 0 Å². The van der Waals surface area contributed by atoms with Crippen molar-refractivity contribution in [2.45, 2.75) is 26.7 Å². The van der Waals surface area contributed by atoms with E-state index in [-0.39, 0.29) is 11.6 Å². The first-order chi connectivity index (χ1) is 7.65. The number of hydrogen-bond donors (Lipinski definition) is 4. The molecular weight excluding hydrogens is 202 g/mol. The molecule has 4 nitrogen and oxygen atoms in total. The molecule has 4 N–H and O–H groups in total. The lowest BCUT2D eigenvalue weighted by molar-refractivity contribution is 0.386. The Kier molecular flexibility index (Phi) is 7.67. The van der Waals surface area contributed by atoms with E-state index < -0.39 is 0 Å². The maximum Gasteiger partial charge on any atom is 0.123 e. The summed E-state index contributed by atoms with van der Waals surface area (Å²) >= 11 is 0. The first-order valence-corrected chi connectivity index (χ1v) is 5.43. The van der Waals surface area contributed by atoms with E-state index in [1.54, 1.807) is 25.4 Å². The molecule has 0 aromatic heterocycles. The number of allylic oxidation sites excluding steroid dienone is 3. The summed E-state index contributed by atoms with van der Waals surface area (Å²) in [7, 11) is 1.76. The van der Waals surface area contributed by atoms with Crippen molar-refractivity contribution in [1.29, 1.82) is 5.41 Å². The third-order valence-corrected chi connectivity index (χ3v) is 1.85. The molecule has 0 aromatic rings. The second-order valence-electron chi connectivity index (χ2n) is 3.19. The van der Waals surface area contributed by atoms with Crippen molar-refractivity contribution in [3.63, 3.8) is 0 Å². The van der Waals surface area contributed by atoms with Gasteiger partial charge >= 0.3 is 0 Å². The Balaban J connectivity index is 4.62. The maximum absolute atomic E-state index is 9.65. The highest BCUT2D eigenvalue weighted by molar-refractivity contribution is 5.91. The van der Waals surface area contributed by atoms with E-state index in [1.165, 1.54) is 0 Å². The molecule has 0 aliphatic rings. The highest BCUT2D eigenvalue weighted by Crippen LogP contribution is 2.04. The summed E-state index contributed by atoms with van der Waals surface area (Å²) in [5.74, 6) is 0.484. The minimum absolute atomic E-state index is 0.227. The number of hydrogen-bond acceptors (Lipinski definition) is 3. The molecule has 16 heavy (non-hydrogen) atoms. The van der Waals surface area contributed by atoms with Gasteiger partial charge in [-0.05, 0) is 24.8 Å². The van der Waals surface area contributed by atoms with Crippen molar-refractivity contribution in [3.8, 4) is 0 Å². The molecule has 0 aliphatic carbocycles. The number of rotatable bonds is 6. The minimum Gasteiger partial charge on any atom is -0.510 e. The molecule has 0 bridgehead atoms. The van der Waals surface area contributed by atoms with Gasteiger partial charge in [0.25, 0.3) is 0 Å². The van der Waals surface area contributed by atoms with Gasteiger partial charge in [-0.3, -0.25) is 5.41 Å². The van der Waals surface area contributed by atoms with Gasteiger partial charge in [-0.1, -0.05) is 19.9 Å². The first kappa shape index (κ1) is 14.3. The van der Waals surface area contributed by atoms with Gasteiger partial charge in [-0.15, -0.1) is 0 Å². The van der Waals surface area contributed by atoms with E-state index in [0.717, 1.165) is 6.42 Å². The van der Waals surface area contributed by atoms with Crippen LogP contribution in [0.25, 0.3) is 0 Å². The Bertz CT molecular complexity index is 303. The molecule has 0 spiro atoms. The van der Waals surface area contributed by atoms with Crippen molar-refractivity contribution < 1.29 is 5.11 Å². The second-order valence-corrected chi connectivity index (χ2v) is 3.19. The SMILES string of the molecule is CC/C=C\C(NC(=N)/C=C\NC)=C(/O)CC. The molecule has 4 heteroatoms. The summed E-state index contributed by atoms with van der Waals surface area (Å²) in [5.41, 5.74) is 0.579. The summed E-state index contributed by atoms with van der Waals surface area (Å²) < 4.78 is 0. The maximum atomic E-state index is 9.65. The van der Waals surface area contributed by atoms with Crippen molar-refractivity contribution in [2.24, 2.45) is 0 Å². The van der Waals surface area contributed by atoms with Gasteiger partial charge in [-0.2, -0.15) is 0 Å². The van der Waals surface area contributed by atoms with Crippen LogP contribution < -0.4 is 10.6 Å². The Labute approximate surface area is 97.3 Å². The van der Waals surface area contributed by atoms with E-state index in [9.17, 15) is 5.11 Å². The molecule has 0 heterocycles. The highest BCUT2D eigenvalue weighted by Gasteiger charge is 2.01. The molecule has 0 saturated heterocycles. The number of amidine groups is 1. The van der Waals surface area contributed by atoms with Crippen molar-refractivity contribution in [3.05, 3.63) is 35.9 Å². The van der Waals surface area contributed by atoms with Crippen LogP contribution in [0.15, 0.2) is 35.9 Å². The Hall–Kier alpha value is -1.71. The molecule has 90 valence electrons. The Morgan fingerprint density at radius 3 is 2.50 bits per heavy atom. The smallest absolute Gasteiger partial charge is 0.123 e. The fourth-order valence-corrected chi connectivity index (χ4v) is 0.990. The van der Waals surface area contributed by atoms with Crippen LogP contribution in [0.1, 0.15) is 26.7 Å². The average molecular weight is 223 g/mol. The van der Waals surface area contributed by atoms with E-state index in [0.29, 0.717) is 12.1 Å². The third kappa shape index (κ3) is 5.90. The normalized spacial score (nSPS) is 12.9. The molecule has 0 radical (unpaired) electrons. The molecule has 0 unspecified atom stereocenters. The van der Waals surface area contributed by atoms with Crippen LogP contribution in [-0.2, 0) is 0 Å². The van der Waals surface area contributed by atoms with Crippen LogP contribution in [0.5, 0.6) is 0 Å².